The van der Waals surface area contributed by atoms with Gasteiger partial charge < -0.3 is 20.5 Å². The second-order valence-electron chi connectivity index (χ2n) is 4.76. The van der Waals surface area contributed by atoms with Crippen molar-refractivity contribution in [2.24, 2.45) is 0 Å². The Hall–Kier alpha value is -1.69. The summed E-state index contributed by atoms with van der Waals surface area (Å²) in [6.45, 7) is -0.0148. The molecular formula is C12H17N3O3. The Balaban J connectivity index is 2.24. The zero-order valence-electron chi connectivity index (χ0n) is 10.1. The predicted octanol–water partition coefficient (Wildman–Crippen LogP) is 2.10. The van der Waals surface area contributed by atoms with Gasteiger partial charge in [-0.25, -0.2) is 0 Å². The second kappa shape index (κ2) is 5.30. The number of rotatable bonds is 4. The molecule has 0 aromatic carbocycles. The number of hydrogen-bond acceptors (Lipinski definition) is 5. The minimum atomic E-state index is -0.504. The van der Waals surface area contributed by atoms with Gasteiger partial charge in [-0.15, -0.1) is 0 Å². The van der Waals surface area contributed by atoms with Crippen molar-refractivity contribution in [3.8, 4) is 0 Å². The van der Waals surface area contributed by atoms with Crippen LogP contribution in [0.5, 0.6) is 0 Å². The van der Waals surface area contributed by atoms with Crippen molar-refractivity contribution in [3.63, 3.8) is 0 Å². The molecule has 0 aliphatic heterocycles. The van der Waals surface area contributed by atoms with Gasteiger partial charge in [-0.3, -0.25) is 0 Å². The van der Waals surface area contributed by atoms with Gasteiger partial charge in [0, 0.05) is 0 Å². The first-order valence-corrected chi connectivity index (χ1v) is 6.15. The summed E-state index contributed by atoms with van der Waals surface area (Å²) in [6, 6.07) is 3.29. The quantitative estimate of drug-likeness (QED) is 0.632. The first-order chi connectivity index (χ1) is 8.67. The molecule has 1 saturated carbocycles. The molecule has 0 atom stereocenters. The maximum absolute atomic E-state index is 10.9. The molecule has 2 N–H and O–H groups in total. The van der Waals surface area contributed by atoms with Gasteiger partial charge in [0.2, 0.25) is 0 Å². The smallest absolute Gasteiger partial charge is 0.386 e. The molecule has 1 aromatic rings. The summed E-state index contributed by atoms with van der Waals surface area (Å²) in [5.41, 5.74) is -0.0510. The summed E-state index contributed by atoms with van der Waals surface area (Å²) in [7, 11) is 0. The molecule has 0 saturated heterocycles. The molecule has 1 fully saturated rings. The highest BCUT2D eigenvalue weighted by atomic mass is 16.6. The number of aliphatic hydroxyl groups is 1. The largest absolute Gasteiger partial charge is 0.394 e. The van der Waals surface area contributed by atoms with Crippen LogP contribution in [0, 0.1) is 10.1 Å². The van der Waals surface area contributed by atoms with Crippen LogP contribution >= 0.6 is 0 Å². The third kappa shape index (κ3) is 2.59. The van der Waals surface area contributed by atoms with Crippen molar-refractivity contribution >= 4 is 11.5 Å². The zero-order valence-corrected chi connectivity index (χ0v) is 10.1. The van der Waals surface area contributed by atoms with Gasteiger partial charge in [-0.1, -0.05) is 19.3 Å². The van der Waals surface area contributed by atoms with Crippen molar-refractivity contribution in [3.05, 3.63) is 28.4 Å². The summed E-state index contributed by atoms with van der Waals surface area (Å²) < 4.78 is 0. The number of hydrogen-bond donors (Lipinski definition) is 2. The fourth-order valence-electron chi connectivity index (χ4n) is 2.48. The number of pyridine rings is 1. The number of nitro groups is 1. The molecule has 1 aliphatic rings. The van der Waals surface area contributed by atoms with E-state index in [0.29, 0.717) is 5.69 Å². The van der Waals surface area contributed by atoms with E-state index in [1.807, 2.05) is 0 Å². The lowest BCUT2D eigenvalue weighted by Gasteiger charge is -2.37. The number of anilines is 1. The molecule has 6 heteroatoms. The van der Waals surface area contributed by atoms with E-state index in [1.165, 1.54) is 6.20 Å². The number of nitrogens with one attached hydrogen (secondary N) is 1. The Kier molecular flexibility index (Phi) is 3.76. The van der Waals surface area contributed by atoms with Crippen molar-refractivity contribution in [1.82, 2.24) is 4.98 Å². The summed E-state index contributed by atoms with van der Waals surface area (Å²) in [5.74, 6) is -0.184. The standard InChI is InChI=1S/C12H17N3O3/c16-9-12(6-2-1-3-7-12)14-10-5-4-8-13-11(10)15(17)18/h4-5,8,14,16H,1-3,6-7,9H2. The Morgan fingerprint density at radius 2 is 2.17 bits per heavy atom. The SMILES string of the molecule is O=[N+]([O-])c1ncccc1NC1(CO)CCCCC1. The van der Waals surface area contributed by atoms with E-state index in [4.69, 9.17) is 0 Å². The van der Waals surface area contributed by atoms with Crippen LogP contribution in [0.25, 0.3) is 0 Å². The third-order valence-corrected chi connectivity index (χ3v) is 3.47. The highest BCUT2D eigenvalue weighted by Crippen LogP contribution is 2.33. The van der Waals surface area contributed by atoms with Crippen LogP contribution < -0.4 is 5.32 Å². The first kappa shape index (κ1) is 12.8. The third-order valence-electron chi connectivity index (χ3n) is 3.47. The highest BCUT2D eigenvalue weighted by molar-refractivity contribution is 5.58. The van der Waals surface area contributed by atoms with Crippen LogP contribution in [0.3, 0.4) is 0 Å². The fourth-order valence-corrected chi connectivity index (χ4v) is 2.48. The van der Waals surface area contributed by atoms with Crippen LogP contribution in [0.2, 0.25) is 0 Å². The lowest BCUT2D eigenvalue weighted by atomic mass is 9.82. The van der Waals surface area contributed by atoms with E-state index in [1.54, 1.807) is 12.1 Å². The molecule has 0 unspecified atom stereocenters. The molecule has 0 bridgehead atoms. The highest BCUT2D eigenvalue weighted by Gasteiger charge is 2.33. The average molecular weight is 251 g/mol. The number of aromatic nitrogens is 1. The molecule has 1 aliphatic carbocycles. The summed E-state index contributed by atoms with van der Waals surface area (Å²) >= 11 is 0. The van der Waals surface area contributed by atoms with E-state index in [-0.39, 0.29) is 12.4 Å². The van der Waals surface area contributed by atoms with Gasteiger partial charge >= 0.3 is 5.82 Å². The zero-order chi connectivity index (χ0) is 13.0. The molecule has 0 radical (unpaired) electrons. The molecule has 1 aromatic heterocycles. The molecular weight excluding hydrogens is 234 g/mol. The van der Waals surface area contributed by atoms with Gasteiger partial charge in [0.1, 0.15) is 11.9 Å². The summed E-state index contributed by atoms with van der Waals surface area (Å²) in [4.78, 5) is 14.2. The fraction of sp³-hybridized carbons (Fsp3) is 0.583. The van der Waals surface area contributed by atoms with Crippen molar-refractivity contribution in [2.45, 2.75) is 37.6 Å². The van der Waals surface area contributed by atoms with E-state index in [9.17, 15) is 15.2 Å². The topological polar surface area (TPSA) is 88.3 Å². The lowest BCUT2D eigenvalue weighted by Crippen LogP contribution is -2.44. The Labute approximate surface area is 105 Å². The van der Waals surface area contributed by atoms with Gasteiger partial charge in [0.05, 0.1) is 12.1 Å². The summed E-state index contributed by atoms with van der Waals surface area (Å²) in [5, 5.41) is 23.6. The molecule has 98 valence electrons. The Morgan fingerprint density at radius 3 is 2.78 bits per heavy atom. The minimum absolute atomic E-state index is 0.0148. The summed E-state index contributed by atoms with van der Waals surface area (Å²) in [6.07, 6.45) is 6.27. The second-order valence-corrected chi connectivity index (χ2v) is 4.76. The first-order valence-electron chi connectivity index (χ1n) is 6.15. The normalized spacial score (nSPS) is 18.3. The van der Waals surface area contributed by atoms with Crippen molar-refractivity contribution in [1.29, 1.82) is 0 Å². The molecule has 6 nitrogen and oxygen atoms in total. The van der Waals surface area contributed by atoms with E-state index in [0.717, 1.165) is 32.1 Å². The van der Waals surface area contributed by atoms with Crippen LogP contribution in [-0.2, 0) is 0 Å². The Morgan fingerprint density at radius 1 is 1.44 bits per heavy atom. The average Bonchev–Trinajstić information content (AvgIpc) is 2.40. The van der Waals surface area contributed by atoms with Gasteiger partial charge in [0.15, 0.2) is 0 Å². The lowest BCUT2D eigenvalue weighted by molar-refractivity contribution is -0.388. The van der Waals surface area contributed by atoms with Crippen LogP contribution in [0.4, 0.5) is 11.5 Å². The van der Waals surface area contributed by atoms with Gasteiger partial charge in [-0.05, 0) is 34.9 Å². The van der Waals surface area contributed by atoms with Crippen molar-refractivity contribution in [2.75, 3.05) is 11.9 Å². The molecule has 0 spiro atoms. The maximum atomic E-state index is 10.9. The minimum Gasteiger partial charge on any atom is -0.394 e. The van der Waals surface area contributed by atoms with Crippen LogP contribution in [-0.4, -0.2) is 27.2 Å². The number of nitrogens with zero attached hydrogens (tertiary/aromatic N) is 2. The molecule has 18 heavy (non-hydrogen) atoms. The molecule has 1 heterocycles. The van der Waals surface area contributed by atoms with Crippen molar-refractivity contribution < 1.29 is 10.0 Å². The van der Waals surface area contributed by atoms with Gasteiger partial charge in [-0.2, -0.15) is 0 Å². The van der Waals surface area contributed by atoms with E-state index in [2.05, 4.69) is 10.3 Å². The predicted molar refractivity (Wildman–Crippen MR) is 67.4 cm³/mol. The monoisotopic (exact) mass is 251 g/mol. The maximum Gasteiger partial charge on any atom is 0.386 e. The Bertz CT molecular complexity index is 430. The van der Waals surface area contributed by atoms with E-state index >= 15 is 0 Å². The van der Waals surface area contributed by atoms with Gasteiger partial charge in [0.25, 0.3) is 0 Å². The number of aliphatic hydroxyl groups excluding tert-OH is 1. The van der Waals surface area contributed by atoms with Crippen LogP contribution in [0.1, 0.15) is 32.1 Å². The van der Waals surface area contributed by atoms with Crippen LogP contribution in [0.15, 0.2) is 18.3 Å². The van der Waals surface area contributed by atoms with E-state index < -0.39 is 10.5 Å². The molecule has 2 rings (SSSR count). The molecule has 0 amide bonds.